The van der Waals surface area contributed by atoms with Gasteiger partial charge in [-0.25, -0.2) is 0 Å². The van der Waals surface area contributed by atoms with E-state index in [1.54, 1.807) is 46.6 Å². The van der Waals surface area contributed by atoms with Crippen molar-refractivity contribution >= 4 is 5.91 Å². The third-order valence-corrected chi connectivity index (χ3v) is 4.94. The van der Waals surface area contributed by atoms with Gasteiger partial charge in [0.05, 0.1) is 40.0 Å². The molecular weight excluding hydrogens is 346 g/mol. The number of carbonyl (C=O) groups excluding carboxylic acids is 1. The second-order valence-corrected chi connectivity index (χ2v) is 6.31. The number of carbonyl (C=O) groups is 1. The molecule has 0 aliphatic carbocycles. The van der Waals surface area contributed by atoms with Crippen molar-refractivity contribution in [2.24, 2.45) is 0 Å². The Morgan fingerprint density at radius 2 is 1.67 bits per heavy atom. The van der Waals surface area contributed by atoms with Crippen molar-refractivity contribution < 1.29 is 23.7 Å². The predicted octanol–water partition coefficient (Wildman–Crippen LogP) is 3.70. The molecule has 1 amide bonds. The standard InChI is InChI=1S/C21H25NO5/c1-24-17-11-10-14(13-19(17)26-3)16-8-6-12-22(16)21(23)15-7-5-9-18(25-2)20(15)27-4/h5,7,9-11,13,16H,6,8,12H2,1-4H3. The van der Waals surface area contributed by atoms with Crippen LogP contribution in [0.3, 0.4) is 0 Å². The largest absolute Gasteiger partial charge is 0.493 e. The molecule has 2 aromatic carbocycles. The lowest BCUT2D eigenvalue weighted by Gasteiger charge is -2.26. The molecule has 1 unspecified atom stereocenters. The number of benzene rings is 2. The molecule has 0 bridgehead atoms. The Labute approximate surface area is 159 Å². The lowest BCUT2D eigenvalue weighted by Crippen LogP contribution is -2.31. The van der Waals surface area contributed by atoms with E-state index in [1.807, 2.05) is 23.1 Å². The van der Waals surface area contributed by atoms with Crippen LogP contribution in [0, 0.1) is 0 Å². The van der Waals surface area contributed by atoms with Crippen molar-refractivity contribution in [1.29, 1.82) is 0 Å². The molecule has 0 radical (unpaired) electrons. The lowest BCUT2D eigenvalue weighted by atomic mass is 10.0. The van der Waals surface area contributed by atoms with Crippen LogP contribution in [-0.4, -0.2) is 45.8 Å². The second-order valence-electron chi connectivity index (χ2n) is 6.31. The predicted molar refractivity (Wildman–Crippen MR) is 102 cm³/mol. The van der Waals surface area contributed by atoms with Crippen LogP contribution in [0.15, 0.2) is 36.4 Å². The number of amides is 1. The lowest BCUT2D eigenvalue weighted by molar-refractivity contribution is 0.0731. The first-order chi connectivity index (χ1) is 13.1. The Kier molecular flexibility index (Phi) is 5.74. The van der Waals surface area contributed by atoms with Gasteiger partial charge in [0.15, 0.2) is 23.0 Å². The summed E-state index contributed by atoms with van der Waals surface area (Å²) < 4.78 is 21.5. The van der Waals surface area contributed by atoms with Gasteiger partial charge in [0.25, 0.3) is 5.91 Å². The van der Waals surface area contributed by atoms with Crippen molar-refractivity contribution in [2.75, 3.05) is 35.0 Å². The normalized spacial score (nSPS) is 16.1. The highest BCUT2D eigenvalue weighted by atomic mass is 16.5. The molecule has 3 rings (SSSR count). The van der Waals surface area contributed by atoms with Crippen molar-refractivity contribution in [2.45, 2.75) is 18.9 Å². The highest BCUT2D eigenvalue weighted by Gasteiger charge is 2.33. The molecule has 0 spiro atoms. The van der Waals surface area contributed by atoms with Gasteiger partial charge >= 0.3 is 0 Å². The fourth-order valence-corrected chi connectivity index (χ4v) is 3.63. The van der Waals surface area contributed by atoms with E-state index in [2.05, 4.69) is 0 Å². The molecule has 144 valence electrons. The van der Waals surface area contributed by atoms with E-state index in [0.717, 1.165) is 18.4 Å². The third-order valence-electron chi connectivity index (χ3n) is 4.94. The summed E-state index contributed by atoms with van der Waals surface area (Å²) in [5.74, 6) is 2.27. The van der Waals surface area contributed by atoms with Crippen molar-refractivity contribution in [3.8, 4) is 23.0 Å². The summed E-state index contributed by atoms with van der Waals surface area (Å²) in [5, 5.41) is 0. The summed E-state index contributed by atoms with van der Waals surface area (Å²) in [6, 6.07) is 11.1. The van der Waals surface area contributed by atoms with E-state index in [4.69, 9.17) is 18.9 Å². The summed E-state index contributed by atoms with van der Waals surface area (Å²) >= 11 is 0. The number of nitrogens with zero attached hydrogens (tertiary/aromatic N) is 1. The Balaban J connectivity index is 1.94. The molecule has 0 N–H and O–H groups in total. The van der Waals surface area contributed by atoms with E-state index in [1.165, 1.54) is 0 Å². The average Bonchev–Trinajstić information content (AvgIpc) is 3.21. The Morgan fingerprint density at radius 1 is 0.926 bits per heavy atom. The third kappa shape index (κ3) is 3.52. The number of rotatable bonds is 6. The van der Waals surface area contributed by atoms with Crippen LogP contribution in [0.2, 0.25) is 0 Å². The average molecular weight is 371 g/mol. The van der Waals surface area contributed by atoms with Gasteiger partial charge in [0, 0.05) is 6.54 Å². The number of hydrogen-bond donors (Lipinski definition) is 0. The maximum absolute atomic E-state index is 13.3. The Morgan fingerprint density at radius 3 is 2.33 bits per heavy atom. The van der Waals surface area contributed by atoms with E-state index in [0.29, 0.717) is 35.1 Å². The Hall–Kier alpha value is -2.89. The van der Waals surface area contributed by atoms with Crippen molar-refractivity contribution in [3.63, 3.8) is 0 Å². The van der Waals surface area contributed by atoms with E-state index >= 15 is 0 Å². The van der Waals surface area contributed by atoms with Crippen LogP contribution in [0.5, 0.6) is 23.0 Å². The molecule has 0 aromatic heterocycles. The second kappa shape index (κ2) is 8.20. The zero-order valence-electron chi connectivity index (χ0n) is 16.2. The molecule has 1 fully saturated rings. The van der Waals surface area contributed by atoms with Gasteiger partial charge in [-0.3, -0.25) is 4.79 Å². The maximum atomic E-state index is 13.3. The molecule has 1 aliphatic rings. The molecule has 2 aromatic rings. The molecule has 27 heavy (non-hydrogen) atoms. The van der Waals surface area contributed by atoms with E-state index in [-0.39, 0.29) is 11.9 Å². The smallest absolute Gasteiger partial charge is 0.258 e. The van der Waals surface area contributed by atoms with Gasteiger partial charge in [0.2, 0.25) is 0 Å². The molecule has 1 atom stereocenters. The molecular formula is C21H25NO5. The summed E-state index contributed by atoms with van der Waals surface area (Å²) in [7, 11) is 6.33. The van der Waals surface area contributed by atoms with Crippen molar-refractivity contribution in [1.82, 2.24) is 4.90 Å². The number of methoxy groups -OCH3 is 4. The summed E-state index contributed by atoms with van der Waals surface area (Å²) in [5.41, 5.74) is 1.53. The van der Waals surface area contributed by atoms with E-state index in [9.17, 15) is 4.79 Å². The van der Waals surface area contributed by atoms with Gasteiger partial charge in [-0.1, -0.05) is 12.1 Å². The minimum Gasteiger partial charge on any atom is -0.493 e. The molecule has 1 saturated heterocycles. The minimum atomic E-state index is -0.0666. The van der Waals surface area contributed by atoms with Gasteiger partial charge in [-0.05, 0) is 42.7 Å². The Bertz CT molecular complexity index is 820. The highest BCUT2D eigenvalue weighted by Crippen LogP contribution is 2.39. The van der Waals surface area contributed by atoms with Gasteiger partial charge < -0.3 is 23.8 Å². The quantitative estimate of drug-likeness (QED) is 0.775. The maximum Gasteiger partial charge on any atom is 0.258 e. The first-order valence-corrected chi connectivity index (χ1v) is 8.88. The van der Waals surface area contributed by atoms with Crippen LogP contribution in [-0.2, 0) is 0 Å². The SMILES string of the molecule is COc1ccc(C2CCCN2C(=O)c2cccc(OC)c2OC)cc1OC. The number of hydrogen-bond acceptors (Lipinski definition) is 5. The van der Waals surface area contributed by atoms with Gasteiger partial charge in [-0.15, -0.1) is 0 Å². The van der Waals surface area contributed by atoms with Crippen LogP contribution in [0.4, 0.5) is 0 Å². The summed E-state index contributed by atoms with van der Waals surface area (Å²) in [6.07, 6.45) is 1.84. The van der Waals surface area contributed by atoms with Crippen LogP contribution >= 0.6 is 0 Å². The van der Waals surface area contributed by atoms with Crippen molar-refractivity contribution in [3.05, 3.63) is 47.5 Å². The molecule has 6 heteroatoms. The molecule has 1 heterocycles. The van der Waals surface area contributed by atoms with Gasteiger partial charge in [0.1, 0.15) is 0 Å². The van der Waals surface area contributed by atoms with Gasteiger partial charge in [-0.2, -0.15) is 0 Å². The highest BCUT2D eigenvalue weighted by molar-refractivity contribution is 5.98. The summed E-state index contributed by atoms with van der Waals surface area (Å²) in [4.78, 5) is 15.2. The van der Waals surface area contributed by atoms with E-state index < -0.39 is 0 Å². The number of para-hydroxylation sites is 1. The fraction of sp³-hybridized carbons (Fsp3) is 0.381. The summed E-state index contributed by atoms with van der Waals surface area (Å²) in [6.45, 7) is 0.693. The molecule has 1 aliphatic heterocycles. The number of likely N-dealkylation sites (tertiary alicyclic amines) is 1. The first-order valence-electron chi connectivity index (χ1n) is 8.88. The van der Waals surface area contributed by atoms with Crippen LogP contribution in [0.25, 0.3) is 0 Å². The number of ether oxygens (including phenoxy) is 4. The minimum absolute atomic E-state index is 0.0202. The zero-order valence-corrected chi connectivity index (χ0v) is 16.2. The first kappa shape index (κ1) is 18.9. The fourth-order valence-electron chi connectivity index (χ4n) is 3.63. The zero-order chi connectivity index (χ0) is 19.4. The van der Waals surface area contributed by atoms with Crippen LogP contribution < -0.4 is 18.9 Å². The van der Waals surface area contributed by atoms with Crippen LogP contribution in [0.1, 0.15) is 34.8 Å². The molecule has 6 nitrogen and oxygen atoms in total. The topological polar surface area (TPSA) is 57.2 Å². The molecule has 0 saturated carbocycles. The monoisotopic (exact) mass is 371 g/mol.